The second kappa shape index (κ2) is 6.50. The molecule has 0 bridgehead atoms. The lowest BCUT2D eigenvalue weighted by Gasteiger charge is -2.11. The average Bonchev–Trinajstić information content (AvgIpc) is 2.85. The molecule has 0 saturated heterocycles. The SMILES string of the molecule is CC(=O)Oc1ccc(/C=C2\C(=O)N(c3ccccc3)N=C2C)cc1. The number of rotatable bonds is 3. The molecular weight excluding hydrogens is 304 g/mol. The molecule has 0 spiro atoms. The van der Waals surface area contributed by atoms with Crippen LogP contribution in [0, 0.1) is 0 Å². The molecule has 0 radical (unpaired) electrons. The maximum atomic E-state index is 12.6. The Kier molecular flexibility index (Phi) is 4.24. The zero-order chi connectivity index (χ0) is 17.1. The third kappa shape index (κ3) is 3.25. The minimum atomic E-state index is -0.367. The third-order valence-electron chi connectivity index (χ3n) is 3.52. The van der Waals surface area contributed by atoms with Crippen LogP contribution in [0.3, 0.4) is 0 Å². The summed E-state index contributed by atoms with van der Waals surface area (Å²) in [6, 6.07) is 16.3. The summed E-state index contributed by atoms with van der Waals surface area (Å²) in [5, 5.41) is 5.73. The van der Waals surface area contributed by atoms with Crippen LogP contribution < -0.4 is 9.75 Å². The Bertz CT molecular complexity index is 837. The molecular formula is C19H16N2O3. The Morgan fingerprint density at radius 2 is 1.75 bits per heavy atom. The predicted octanol–water partition coefficient (Wildman–Crippen LogP) is 3.42. The highest BCUT2D eigenvalue weighted by atomic mass is 16.5. The molecule has 0 saturated carbocycles. The Morgan fingerprint density at radius 1 is 1.08 bits per heavy atom. The summed E-state index contributed by atoms with van der Waals surface area (Å²) in [6.07, 6.45) is 1.78. The van der Waals surface area contributed by atoms with Gasteiger partial charge in [-0.3, -0.25) is 9.59 Å². The second-order valence-electron chi connectivity index (χ2n) is 5.36. The number of nitrogens with zero attached hydrogens (tertiary/aromatic N) is 2. The van der Waals surface area contributed by atoms with Crippen molar-refractivity contribution in [1.82, 2.24) is 0 Å². The molecule has 5 heteroatoms. The smallest absolute Gasteiger partial charge is 0.308 e. The molecule has 5 nitrogen and oxygen atoms in total. The number of hydrogen-bond acceptors (Lipinski definition) is 4. The van der Waals surface area contributed by atoms with Gasteiger partial charge in [-0.15, -0.1) is 0 Å². The Labute approximate surface area is 139 Å². The van der Waals surface area contributed by atoms with Crippen molar-refractivity contribution in [3.05, 3.63) is 65.7 Å². The molecule has 0 N–H and O–H groups in total. The zero-order valence-corrected chi connectivity index (χ0v) is 13.4. The fraction of sp³-hybridized carbons (Fsp3) is 0.105. The molecule has 3 rings (SSSR count). The number of carbonyl (C=O) groups is 2. The summed E-state index contributed by atoms with van der Waals surface area (Å²) in [7, 11) is 0. The summed E-state index contributed by atoms with van der Waals surface area (Å²) in [5.74, 6) is -0.0602. The van der Waals surface area contributed by atoms with E-state index in [1.165, 1.54) is 11.9 Å². The highest BCUT2D eigenvalue weighted by molar-refractivity contribution is 6.32. The van der Waals surface area contributed by atoms with Gasteiger partial charge in [0.15, 0.2) is 0 Å². The Balaban J connectivity index is 1.84. The van der Waals surface area contributed by atoms with Gasteiger partial charge in [-0.2, -0.15) is 10.1 Å². The van der Waals surface area contributed by atoms with Crippen molar-refractivity contribution in [3.8, 4) is 5.75 Å². The minimum absolute atomic E-state index is 0.164. The Hall–Kier alpha value is -3.21. The monoisotopic (exact) mass is 320 g/mol. The minimum Gasteiger partial charge on any atom is -0.427 e. The normalized spacial score (nSPS) is 15.6. The molecule has 24 heavy (non-hydrogen) atoms. The third-order valence-corrected chi connectivity index (χ3v) is 3.52. The molecule has 1 amide bonds. The van der Waals surface area contributed by atoms with Crippen LogP contribution in [0.5, 0.6) is 5.75 Å². The van der Waals surface area contributed by atoms with Crippen molar-refractivity contribution >= 4 is 29.4 Å². The number of ether oxygens (including phenoxy) is 1. The van der Waals surface area contributed by atoms with Crippen LogP contribution in [-0.2, 0) is 9.59 Å². The number of carbonyl (C=O) groups excluding carboxylic acids is 2. The molecule has 1 aliphatic rings. The topological polar surface area (TPSA) is 59.0 Å². The van der Waals surface area contributed by atoms with E-state index in [1.807, 2.05) is 30.3 Å². The van der Waals surface area contributed by atoms with Gasteiger partial charge in [-0.1, -0.05) is 30.3 Å². The Morgan fingerprint density at radius 3 is 2.38 bits per heavy atom. The van der Waals surface area contributed by atoms with Gasteiger partial charge >= 0.3 is 5.97 Å². The van der Waals surface area contributed by atoms with Crippen LogP contribution in [0.25, 0.3) is 6.08 Å². The molecule has 0 fully saturated rings. The quantitative estimate of drug-likeness (QED) is 0.494. The number of para-hydroxylation sites is 1. The number of esters is 1. The first kappa shape index (κ1) is 15.7. The second-order valence-corrected chi connectivity index (χ2v) is 5.36. The van der Waals surface area contributed by atoms with E-state index in [2.05, 4.69) is 5.10 Å². The number of amides is 1. The number of hydrogen-bond donors (Lipinski definition) is 0. The lowest BCUT2D eigenvalue weighted by atomic mass is 10.1. The number of hydrazone groups is 1. The van der Waals surface area contributed by atoms with Crippen molar-refractivity contribution in [3.63, 3.8) is 0 Å². The molecule has 2 aromatic rings. The highest BCUT2D eigenvalue weighted by Crippen LogP contribution is 2.25. The van der Waals surface area contributed by atoms with Crippen molar-refractivity contribution in [1.29, 1.82) is 0 Å². The van der Waals surface area contributed by atoms with E-state index in [0.717, 1.165) is 11.3 Å². The van der Waals surface area contributed by atoms with Gasteiger partial charge in [0, 0.05) is 6.92 Å². The summed E-state index contributed by atoms with van der Waals surface area (Å²) in [5.41, 5.74) is 2.76. The van der Waals surface area contributed by atoms with Crippen LogP contribution in [0.4, 0.5) is 5.69 Å². The van der Waals surface area contributed by atoms with E-state index in [0.29, 0.717) is 17.0 Å². The van der Waals surface area contributed by atoms with Crippen LogP contribution in [0.1, 0.15) is 19.4 Å². The first-order valence-electron chi connectivity index (χ1n) is 7.50. The lowest BCUT2D eigenvalue weighted by Crippen LogP contribution is -2.21. The molecule has 1 heterocycles. The van der Waals surface area contributed by atoms with Gasteiger partial charge in [-0.05, 0) is 42.8 Å². The molecule has 1 aliphatic heterocycles. The van der Waals surface area contributed by atoms with Gasteiger partial charge in [0.1, 0.15) is 5.75 Å². The molecule has 120 valence electrons. The van der Waals surface area contributed by atoms with Gasteiger partial charge in [-0.25, -0.2) is 0 Å². The van der Waals surface area contributed by atoms with E-state index in [1.54, 1.807) is 37.3 Å². The number of benzene rings is 2. The van der Waals surface area contributed by atoms with Crippen molar-refractivity contribution in [2.24, 2.45) is 5.10 Å². The zero-order valence-electron chi connectivity index (χ0n) is 13.4. The highest BCUT2D eigenvalue weighted by Gasteiger charge is 2.28. The molecule has 0 atom stereocenters. The molecule has 0 aromatic heterocycles. The van der Waals surface area contributed by atoms with Crippen LogP contribution in [0.2, 0.25) is 0 Å². The summed E-state index contributed by atoms with van der Waals surface area (Å²) in [6.45, 7) is 3.16. The van der Waals surface area contributed by atoms with Gasteiger partial charge in [0.25, 0.3) is 5.91 Å². The largest absolute Gasteiger partial charge is 0.427 e. The summed E-state index contributed by atoms with van der Waals surface area (Å²) in [4.78, 5) is 23.5. The van der Waals surface area contributed by atoms with Crippen molar-refractivity contribution in [2.75, 3.05) is 5.01 Å². The standard InChI is InChI=1S/C19H16N2O3/c1-13-18(12-15-8-10-17(11-9-15)24-14(2)22)19(23)21(20-13)16-6-4-3-5-7-16/h3-12H,1-2H3/b18-12-. The van der Waals surface area contributed by atoms with E-state index in [9.17, 15) is 9.59 Å². The van der Waals surface area contributed by atoms with E-state index >= 15 is 0 Å². The van der Waals surface area contributed by atoms with Crippen LogP contribution >= 0.6 is 0 Å². The fourth-order valence-electron chi connectivity index (χ4n) is 2.39. The molecule has 0 unspecified atom stereocenters. The first-order valence-corrected chi connectivity index (χ1v) is 7.50. The lowest BCUT2D eigenvalue weighted by molar-refractivity contribution is -0.131. The van der Waals surface area contributed by atoms with Crippen molar-refractivity contribution < 1.29 is 14.3 Å². The average molecular weight is 320 g/mol. The van der Waals surface area contributed by atoms with Gasteiger partial charge in [0.2, 0.25) is 0 Å². The van der Waals surface area contributed by atoms with Crippen LogP contribution in [0.15, 0.2) is 65.3 Å². The summed E-state index contributed by atoms with van der Waals surface area (Å²) >= 11 is 0. The maximum Gasteiger partial charge on any atom is 0.308 e. The summed E-state index contributed by atoms with van der Waals surface area (Å²) < 4.78 is 5.00. The first-order chi connectivity index (χ1) is 11.5. The van der Waals surface area contributed by atoms with Crippen molar-refractivity contribution in [2.45, 2.75) is 13.8 Å². The van der Waals surface area contributed by atoms with Crippen LogP contribution in [-0.4, -0.2) is 17.6 Å². The number of anilines is 1. The van der Waals surface area contributed by atoms with Gasteiger partial charge in [0.05, 0.1) is 17.0 Å². The molecule has 0 aliphatic carbocycles. The predicted molar refractivity (Wildman–Crippen MR) is 92.8 cm³/mol. The van der Waals surface area contributed by atoms with E-state index in [-0.39, 0.29) is 11.9 Å². The maximum absolute atomic E-state index is 12.6. The molecule has 2 aromatic carbocycles. The van der Waals surface area contributed by atoms with Gasteiger partial charge < -0.3 is 4.74 Å². The van der Waals surface area contributed by atoms with E-state index < -0.39 is 0 Å². The van der Waals surface area contributed by atoms with E-state index in [4.69, 9.17) is 4.74 Å². The fourth-order valence-corrected chi connectivity index (χ4v) is 2.39.